The average Bonchev–Trinajstić information content (AvgIpc) is 2.84. The summed E-state index contributed by atoms with van der Waals surface area (Å²) in [5.41, 5.74) is -2.17. The smallest absolute Gasteiger partial charge is 0.330 e. The molecule has 8 nitrogen and oxygen atoms in total. The van der Waals surface area contributed by atoms with E-state index in [9.17, 15) is 19.8 Å². The van der Waals surface area contributed by atoms with E-state index >= 15 is 0 Å². The summed E-state index contributed by atoms with van der Waals surface area (Å²) in [6, 6.07) is 1.27. The van der Waals surface area contributed by atoms with Crippen LogP contribution in [0.15, 0.2) is 15.7 Å². The van der Waals surface area contributed by atoms with Crippen molar-refractivity contribution in [2.45, 2.75) is 36.9 Å². The summed E-state index contributed by atoms with van der Waals surface area (Å²) in [6.45, 7) is -0.465. The van der Waals surface area contributed by atoms with Gasteiger partial charge >= 0.3 is 5.69 Å². The summed E-state index contributed by atoms with van der Waals surface area (Å²) >= 11 is 0. The number of aryl methyl sites for hydroxylation is 1. The fraction of sp³-hybridized carbons (Fsp3) is 0.636. The molecule has 8 heteroatoms. The molecule has 0 bridgehead atoms. The van der Waals surface area contributed by atoms with Crippen LogP contribution in [0.1, 0.15) is 12.1 Å². The Morgan fingerprint density at radius 3 is 2.84 bits per heavy atom. The predicted molar refractivity (Wildman–Crippen MR) is 61.6 cm³/mol. The Bertz CT molecular complexity index is 622. The lowest BCUT2D eigenvalue weighted by Crippen LogP contribution is -2.49. The van der Waals surface area contributed by atoms with E-state index in [0.29, 0.717) is 12.1 Å². The third-order valence-electron chi connectivity index (χ3n) is 3.84. The third kappa shape index (κ3) is 1.54. The maximum absolute atomic E-state index is 11.9. The van der Waals surface area contributed by atoms with E-state index in [1.54, 1.807) is 0 Å². The van der Waals surface area contributed by atoms with E-state index in [4.69, 9.17) is 9.84 Å². The van der Waals surface area contributed by atoms with Crippen LogP contribution < -0.4 is 11.2 Å². The maximum atomic E-state index is 11.9. The van der Waals surface area contributed by atoms with Gasteiger partial charge in [-0.15, -0.1) is 0 Å². The van der Waals surface area contributed by atoms with Gasteiger partial charge in [0.15, 0.2) is 5.72 Å². The number of rotatable bonds is 1. The molecule has 2 aliphatic heterocycles. The Morgan fingerprint density at radius 1 is 1.47 bits per heavy atom. The van der Waals surface area contributed by atoms with Crippen LogP contribution in [0, 0.1) is 0 Å². The Labute approximate surface area is 106 Å². The molecule has 4 N–H and O–H groups in total. The zero-order valence-corrected chi connectivity index (χ0v) is 9.94. The molecule has 3 rings (SSSR count). The van der Waals surface area contributed by atoms with Gasteiger partial charge in [0.25, 0.3) is 5.56 Å². The lowest BCUT2D eigenvalue weighted by atomic mass is 10.0. The number of hydrogen-bond donors (Lipinski definition) is 4. The highest BCUT2D eigenvalue weighted by atomic mass is 16.6. The van der Waals surface area contributed by atoms with Gasteiger partial charge in [-0.2, -0.15) is 0 Å². The molecule has 1 saturated heterocycles. The SMILES string of the molecule is O=c1cc2n(c(=O)[nH]1)[C@]1(CC2)O[C@H](CO)[C@H](O)C1O. The number of aliphatic hydroxyl groups excluding tert-OH is 3. The molecule has 0 aromatic carbocycles. The zero-order chi connectivity index (χ0) is 13.8. The Kier molecular flexibility index (Phi) is 2.65. The van der Waals surface area contributed by atoms with E-state index in [1.807, 2.05) is 0 Å². The van der Waals surface area contributed by atoms with Gasteiger partial charge in [0.2, 0.25) is 0 Å². The van der Waals surface area contributed by atoms with Crippen LogP contribution in [-0.4, -0.2) is 49.8 Å². The predicted octanol–water partition coefficient (Wildman–Crippen LogP) is -2.75. The topological polar surface area (TPSA) is 125 Å². The number of fused-ring (bicyclic) bond motifs is 2. The Balaban J connectivity index is 2.17. The molecule has 0 radical (unpaired) electrons. The summed E-state index contributed by atoms with van der Waals surface area (Å²) in [6.07, 6.45) is -2.95. The third-order valence-corrected chi connectivity index (χ3v) is 3.84. The molecule has 1 unspecified atom stereocenters. The zero-order valence-electron chi connectivity index (χ0n) is 9.94. The van der Waals surface area contributed by atoms with Crippen molar-refractivity contribution in [3.05, 3.63) is 32.6 Å². The first-order valence-corrected chi connectivity index (χ1v) is 6.00. The van der Waals surface area contributed by atoms with E-state index in [1.165, 1.54) is 6.07 Å². The molecule has 104 valence electrons. The van der Waals surface area contributed by atoms with Crippen molar-refractivity contribution in [1.29, 1.82) is 0 Å². The lowest BCUT2D eigenvalue weighted by Gasteiger charge is -2.29. The molecule has 19 heavy (non-hydrogen) atoms. The minimum Gasteiger partial charge on any atom is -0.394 e. The van der Waals surface area contributed by atoms with Gasteiger partial charge < -0.3 is 20.1 Å². The van der Waals surface area contributed by atoms with E-state index < -0.39 is 41.9 Å². The first kappa shape index (κ1) is 12.5. The Morgan fingerprint density at radius 2 is 2.21 bits per heavy atom. The molecule has 0 saturated carbocycles. The number of nitrogens with one attached hydrogen (secondary N) is 1. The average molecular weight is 270 g/mol. The van der Waals surface area contributed by atoms with Gasteiger partial charge in [0, 0.05) is 18.2 Å². The highest BCUT2D eigenvalue weighted by Gasteiger charge is 2.58. The van der Waals surface area contributed by atoms with Gasteiger partial charge in [0.1, 0.15) is 18.3 Å². The van der Waals surface area contributed by atoms with E-state index in [2.05, 4.69) is 4.98 Å². The monoisotopic (exact) mass is 270 g/mol. The van der Waals surface area contributed by atoms with Crippen molar-refractivity contribution >= 4 is 0 Å². The summed E-state index contributed by atoms with van der Waals surface area (Å²) < 4.78 is 6.69. The maximum Gasteiger partial charge on any atom is 0.330 e. The molecule has 1 spiro atoms. The highest BCUT2D eigenvalue weighted by molar-refractivity contribution is 5.15. The minimum atomic E-state index is -1.41. The van der Waals surface area contributed by atoms with Crippen LogP contribution >= 0.6 is 0 Å². The fourth-order valence-corrected chi connectivity index (χ4v) is 2.97. The largest absolute Gasteiger partial charge is 0.394 e. The second-order valence-corrected chi connectivity index (χ2v) is 4.88. The molecule has 0 aliphatic carbocycles. The molecule has 1 aromatic heterocycles. The van der Waals surface area contributed by atoms with Crippen molar-refractivity contribution in [3.63, 3.8) is 0 Å². The summed E-state index contributed by atoms with van der Waals surface area (Å²) in [7, 11) is 0. The number of H-pyrrole nitrogens is 1. The molecule has 1 fully saturated rings. The van der Waals surface area contributed by atoms with Crippen molar-refractivity contribution in [1.82, 2.24) is 9.55 Å². The van der Waals surface area contributed by atoms with Crippen LogP contribution in [-0.2, 0) is 16.9 Å². The molecule has 1 aromatic rings. The van der Waals surface area contributed by atoms with Crippen LogP contribution in [0.2, 0.25) is 0 Å². The molecule has 2 aliphatic rings. The van der Waals surface area contributed by atoms with E-state index in [-0.39, 0.29) is 6.42 Å². The molecule has 3 heterocycles. The summed E-state index contributed by atoms with van der Waals surface area (Å²) in [5.74, 6) is 0. The number of aliphatic hydroxyl groups is 3. The van der Waals surface area contributed by atoms with Crippen LogP contribution in [0.5, 0.6) is 0 Å². The van der Waals surface area contributed by atoms with Gasteiger partial charge in [0.05, 0.1) is 6.61 Å². The molecular formula is C11H14N2O6. The van der Waals surface area contributed by atoms with Crippen LogP contribution in [0.25, 0.3) is 0 Å². The first-order chi connectivity index (χ1) is 8.99. The minimum absolute atomic E-state index is 0.258. The summed E-state index contributed by atoms with van der Waals surface area (Å²) in [5, 5.41) is 29.1. The number of hydrogen-bond acceptors (Lipinski definition) is 6. The molecular weight excluding hydrogens is 256 g/mol. The van der Waals surface area contributed by atoms with Crippen molar-refractivity contribution in [3.8, 4) is 0 Å². The lowest BCUT2D eigenvalue weighted by molar-refractivity contribution is -0.144. The quantitative estimate of drug-likeness (QED) is 0.438. The van der Waals surface area contributed by atoms with Gasteiger partial charge in [-0.1, -0.05) is 0 Å². The van der Waals surface area contributed by atoms with E-state index in [0.717, 1.165) is 4.57 Å². The van der Waals surface area contributed by atoms with Gasteiger partial charge in [-0.25, -0.2) is 4.79 Å². The van der Waals surface area contributed by atoms with Crippen molar-refractivity contribution < 1.29 is 20.1 Å². The first-order valence-electron chi connectivity index (χ1n) is 6.00. The standard InChI is InChI=1S/C11H14N2O6/c14-4-6-8(16)9(17)11(19-6)2-1-5-3-7(15)12-10(18)13(5)11/h3,6,8-9,14,16-17H,1-2,4H2,(H,12,15,18)/t6-,8+,9?,11-/m1/s1. The highest BCUT2D eigenvalue weighted by Crippen LogP contribution is 2.42. The number of nitrogens with zero attached hydrogens (tertiary/aromatic N) is 1. The number of aromatic nitrogens is 2. The van der Waals surface area contributed by atoms with Gasteiger partial charge in [-0.05, 0) is 6.42 Å². The Hall–Kier alpha value is -1.48. The summed E-state index contributed by atoms with van der Waals surface area (Å²) in [4.78, 5) is 25.3. The van der Waals surface area contributed by atoms with Crippen LogP contribution in [0.4, 0.5) is 0 Å². The van der Waals surface area contributed by atoms with Crippen molar-refractivity contribution in [2.75, 3.05) is 6.61 Å². The number of aromatic amines is 1. The number of ether oxygens (including phenoxy) is 1. The van der Waals surface area contributed by atoms with Gasteiger partial charge in [-0.3, -0.25) is 14.3 Å². The second-order valence-electron chi connectivity index (χ2n) is 4.88. The molecule has 0 amide bonds. The van der Waals surface area contributed by atoms with Crippen molar-refractivity contribution in [2.24, 2.45) is 0 Å². The fourth-order valence-electron chi connectivity index (χ4n) is 2.97. The van der Waals surface area contributed by atoms with Crippen LogP contribution in [0.3, 0.4) is 0 Å². The molecule has 4 atom stereocenters. The normalized spacial score (nSPS) is 36.9. The second kappa shape index (κ2) is 4.01.